The molecule has 0 spiro atoms. The lowest BCUT2D eigenvalue weighted by atomic mass is 10.1. The van der Waals surface area contributed by atoms with Crippen LogP contribution in [-0.2, 0) is 4.79 Å². The van der Waals surface area contributed by atoms with Gasteiger partial charge in [0.2, 0.25) is 0 Å². The minimum atomic E-state index is -0.222. The third-order valence-corrected chi connectivity index (χ3v) is 5.13. The van der Waals surface area contributed by atoms with E-state index in [9.17, 15) is 4.79 Å². The second-order valence-electron chi connectivity index (χ2n) is 6.20. The minimum Gasteiger partial charge on any atom is -0.274 e. The van der Waals surface area contributed by atoms with E-state index in [0.717, 1.165) is 28.0 Å². The first kappa shape index (κ1) is 18.8. The zero-order valence-electron chi connectivity index (χ0n) is 15.7. The van der Waals surface area contributed by atoms with Crippen molar-refractivity contribution < 1.29 is 4.79 Å². The van der Waals surface area contributed by atoms with E-state index in [2.05, 4.69) is 25.7 Å². The molecular formula is C21H18N6OS. The van der Waals surface area contributed by atoms with E-state index in [0.29, 0.717) is 5.16 Å². The van der Waals surface area contributed by atoms with Crippen LogP contribution >= 0.6 is 11.8 Å². The van der Waals surface area contributed by atoms with Crippen molar-refractivity contribution in [3.05, 3.63) is 78.2 Å². The maximum absolute atomic E-state index is 12.2. The maximum Gasteiger partial charge on any atom is 0.250 e. The van der Waals surface area contributed by atoms with Crippen LogP contribution in [0.4, 0.5) is 0 Å². The predicted molar refractivity (Wildman–Crippen MR) is 114 cm³/mol. The van der Waals surface area contributed by atoms with Crippen molar-refractivity contribution in [2.24, 2.45) is 5.10 Å². The number of nitrogens with one attached hydrogen (secondary N) is 1. The molecule has 144 valence electrons. The number of para-hydroxylation sites is 2. The van der Waals surface area contributed by atoms with Gasteiger partial charge >= 0.3 is 0 Å². The van der Waals surface area contributed by atoms with Gasteiger partial charge in [0.05, 0.1) is 17.5 Å². The summed E-state index contributed by atoms with van der Waals surface area (Å²) in [6.07, 6.45) is 3.34. The van der Waals surface area contributed by atoms with Crippen molar-refractivity contribution in [1.82, 2.24) is 25.2 Å². The highest BCUT2D eigenvalue weighted by Gasteiger charge is 2.13. The molecule has 0 radical (unpaired) electrons. The van der Waals surface area contributed by atoms with E-state index in [4.69, 9.17) is 0 Å². The number of benzene rings is 2. The summed E-state index contributed by atoms with van der Waals surface area (Å²) < 4.78 is 1.92. The molecule has 0 aliphatic rings. The highest BCUT2D eigenvalue weighted by molar-refractivity contribution is 7.99. The number of carbonyl (C=O) groups is 1. The molecule has 29 heavy (non-hydrogen) atoms. The van der Waals surface area contributed by atoms with Gasteiger partial charge in [-0.05, 0) is 25.1 Å². The van der Waals surface area contributed by atoms with Gasteiger partial charge in [0.25, 0.3) is 5.91 Å². The van der Waals surface area contributed by atoms with Crippen LogP contribution in [0.1, 0.15) is 11.4 Å². The molecule has 0 atom stereocenters. The van der Waals surface area contributed by atoms with Crippen molar-refractivity contribution in [2.45, 2.75) is 12.1 Å². The Hall–Kier alpha value is -3.52. The molecule has 1 N–H and O–H groups in total. The molecule has 7 nitrogen and oxygen atoms in total. The van der Waals surface area contributed by atoms with Crippen molar-refractivity contribution in [3.8, 4) is 5.69 Å². The third-order valence-electron chi connectivity index (χ3n) is 4.20. The predicted octanol–water partition coefficient (Wildman–Crippen LogP) is 3.37. The molecule has 4 rings (SSSR count). The zero-order chi connectivity index (χ0) is 20.1. The fourth-order valence-electron chi connectivity index (χ4n) is 2.88. The van der Waals surface area contributed by atoms with Gasteiger partial charge in [-0.2, -0.15) is 5.10 Å². The number of rotatable bonds is 6. The molecule has 0 saturated carbocycles. The van der Waals surface area contributed by atoms with Crippen LogP contribution in [0.2, 0.25) is 0 Å². The quantitative estimate of drug-likeness (QED) is 0.304. The molecule has 0 aliphatic carbocycles. The van der Waals surface area contributed by atoms with Crippen molar-refractivity contribution in [3.63, 3.8) is 0 Å². The lowest BCUT2D eigenvalue weighted by Gasteiger charge is -2.07. The first-order valence-corrected chi connectivity index (χ1v) is 9.97. The molecular weight excluding hydrogens is 384 g/mol. The second-order valence-corrected chi connectivity index (χ2v) is 7.15. The Morgan fingerprint density at radius 2 is 1.93 bits per heavy atom. The van der Waals surface area contributed by atoms with Crippen LogP contribution in [0.25, 0.3) is 16.6 Å². The zero-order valence-corrected chi connectivity index (χ0v) is 16.5. The molecule has 4 aromatic rings. The Bertz CT molecular complexity index is 1170. The number of thioether (sulfide) groups is 1. The highest BCUT2D eigenvalue weighted by atomic mass is 32.2. The Balaban J connectivity index is 1.40. The molecule has 0 saturated heterocycles. The number of hydrogen-bond donors (Lipinski definition) is 1. The number of carbonyl (C=O) groups excluding carboxylic acids is 1. The van der Waals surface area contributed by atoms with Crippen LogP contribution in [0.15, 0.2) is 77.1 Å². The van der Waals surface area contributed by atoms with E-state index in [-0.39, 0.29) is 11.7 Å². The number of aromatic nitrogens is 4. The first-order chi connectivity index (χ1) is 14.2. The fraction of sp³-hybridized carbons (Fsp3) is 0.0952. The van der Waals surface area contributed by atoms with Crippen LogP contribution in [0.5, 0.6) is 0 Å². The summed E-state index contributed by atoms with van der Waals surface area (Å²) in [5.41, 5.74) is 5.20. The normalized spacial score (nSPS) is 11.2. The summed E-state index contributed by atoms with van der Waals surface area (Å²) in [7, 11) is 0. The van der Waals surface area contributed by atoms with E-state index in [1.54, 1.807) is 12.4 Å². The Morgan fingerprint density at radius 1 is 1.10 bits per heavy atom. The van der Waals surface area contributed by atoms with Crippen LogP contribution in [0, 0.1) is 6.92 Å². The molecule has 0 fully saturated rings. The van der Waals surface area contributed by atoms with Crippen molar-refractivity contribution in [1.29, 1.82) is 0 Å². The van der Waals surface area contributed by atoms with Crippen molar-refractivity contribution >= 4 is 34.8 Å². The van der Waals surface area contributed by atoms with Gasteiger partial charge in [0.15, 0.2) is 5.16 Å². The van der Waals surface area contributed by atoms with Gasteiger partial charge in [0.1, 0.15) is 5.82 Å². The van der Waals surface area contributed by atoms with E-state index >= 15 is 0 Å². The monoisotopic (exact) mass is 402 g/mol. The van der Waals surface area contributed by atoms with Gasteiger partial charge in [-0.3, -0.25) is 14.3 Å². The topological polar surface area (TPSA) is 85.1 Å². The summed E-state index contributed by atoms with van der Waals surface area (Å²) >= 11 is 1.31. The summed E-state index contributed by atoms with van der Waals surface area (Å²) in [5, 5.41) is 14.1. The average Bonchev–Trinajstić information content (AvgIpc) is 3.13. The van der Waals surface area contributed by atoms with Gasteiger partial charge in [-0.25, -0.2) is 5.43 Å². The largest absolute Gasteiger partial charge is 0.274 e. The van der Waals surface area contributed by atoms with Crippen LogP contribution in [-0.4, -0.2) is 37.6 Å². The molecule has 0 aliphatic heterocycles. The summed E-state index contributed by atoms with van der Waals surface area (Å²) in [4.78, 5) is 16.6. The highest BCUT2D eigenvalue weighted by Crippen LogP contribution is 2.21. The lowest BCUT2D eigenvalue weighted by Crippen LogP contribution is -2.20. The molecule has 1 amide bonds. The summed E-state index contributed by atoms with van der Waals surface area (Å²) in [6, 6.07) is 19.5. The molecule has 2 aromatic heterocycles. The lowest BCUT2D eigenvalue weighted by molar-refractivity contribution is -0.118. The Morgan fingerprint density at radius 3 is 2.79 bits per heavy atom. The number of nitrogens with zero attached hydrogens (tertiary/aromatic N) is 5. The Kier molecular flexibility index (Phi) is 5.62. The van der Waals surface area contributed by atoms with E-state index in [1.165, 1.54) is 11.8 Å². The molecule has 2 heterocycles. The van der Waals surface area contributed by atoms with Gasteiger partial charge in [-0.1, -0.05) is 54.2 Å². The summed E-state index contributed by atoms with van der Waals surface area (Å²) in [5.74, 6) is 0.719. The van der Waals surface area contributed by atoms with Crippen molar-refractivity contribution in [2.75, 3.05) is 5.75 Å². The van der Waals surface area contributed by atoms with Gasteiger partial charge in [-0.15, -0.1) is 10.2 Å². The molecule has 0 bridgehead atoms. The van der Waals surface area contributed by atoms with Crippen LogP contribution in [0.3, 0.4) is 0 Å². The smallest absolute Gasteiger partial charge is 0.250 e. The fourth-order valence-corrected chi connectivity index (χ4v) is 3.67. The number of pyridine rings is 1. The molecule has 8 heteroatoms. The number of aryl methyl sites for hydroxylation is 1. The molecule has 0 unspecified atom stereocenters. The SMILES string of the molecule is Cc1nnc(SCC(=O)N/N=C/c2cccc3cccnc23)n1-c1ccccc1. The third kappa shape index (κ3) is 4.33. The Labute approximate surface area is 171 Å². The molecule has 2 aromatic carbocycles. The number of fused-ring (bicyclic) bond motifs is 1. The van der Waals surface area contributed by atoms with E-state index < -0.39 is 0 Å². The summed E-state index contributed by atoms with van der Waals surface area (Å²) in [6.45, 7) is 1.88. The first-order valence-electron chi connectivity index (χ1n) is 8.98. The minimum absolute atomic E-state index is 0.177. The standard InChI is InChI=1S/C21H18N6OS/c1-15-24-26-21(27(15)18-10-3-2-4-11-18)29-14-19(28)25-23-13-17-8-5-7-16-9-6-12-22-20(16)17/h2-13H,14H2,1H3,(H,25,28)/b23-13+. The number of hydrazone groups is 1. The number of hydrogen-bond acceptors (Lipinski definition) is 6. The van der Waals surface area contributed by atoms with E-state index in [1.807, 2.05) is 72.2 Å². The van der Waals surface area contributed by atoms with Gasteiger partial charge in [0, 0.05) is 22.8 Å². The second kappa shape index (κ2) is 8.66. The number of amides is 1. The van der Waals surface area contributed by atoms with Crippen LogP contribution < -0.4 is 5.43 Å². The average molecular weight is 402 g/mol. The maximum atomic E-state index is 12.2. The van der Waals surface area contributed by atoms with Gasteiger partial charge < -0.3 is 0 Å².